The van der Waals surface area contributed by atoms with Gasteiger partial charge in [-0.15, -0.1) is 0 Å². The van der Waals surface area contributed by atoms with E-state index < -0.39 is 18.0 Å². The van der Waals surface area contributed by atoms with Crippen LogP contribution in [0.3, 0.4) is 0 Å². The van der Waals surface area contributed by atoms with Crippen molar-refractivity contribution in [3.63, 3.8) is 0 Å². The predicted molar refractivity (Wildman–Crippen MR) is 95.3 cm³/mol. The van der Waals surface area contributed by atoms with Crippen molar-refractivity contribution >= 4 is 23.5 Å². The van der Waals surface area contributed by atoms with Crippen molar-refractivity contribution in [2.24, 2.45) is 0 Å². The number of nitrogens with one attached hydrogen (secondary N) is 4. The van der Waals surface area contributed by atoms with E-state index in [1.165, 1.54) is 14.2 Å². The number of benzene rings is 1. The second-order valence-electron chi connectivity index (χ2n) is 5.93. The van der Waals surface area contributed by atoms with Gasteiger partial charge in [0.1, 0.15) is 6.04 Å². The molecule has 1 aromatic rings. The lowest BCUT2D eigenvalue weighted by atomic mass is 10.2. The number of amides is 4. The first-order chi connectivity index (χ1) is 12.4. The van der Waals surface area contributed by atoms with E-state index in [0.717, 1.165) is 12.8 Å². The number of ether oxygens (including phenoxy) is 2. The molecule has 0 aliphatic heterocycles. The Labute approximate surface area is 151 Å². The third-order valence-electron chi connectivity index (χ3n) is 3.71. The van der Waals surface area contributed by atoms with E-state index in [1.54, 1.807) is 25.1 Å². The first kappa shape index (κ1) is 19.4. The van der Waals surface area contributed by atoms with Gasteiger partial charge in [-0.3, -0.25) is 14.9 Å². The van der Waals surface area contributed by atoms with Crippen LogP contribution in [0.5, 0.6) is 11.5 Å². The molecular weight excluding hydrogens is 340 g/mol. The minimum atomic E-state index is -0.660. The molecule has 9 nitrogen and oxygen atoms in total. The number of anilines is 1. The van der Waals surface area contributed by atoms with E-state index >= 15 is 0 Å². The van der Waals surface area contributed by atoms with Gasteiger partial charge in [-0.05, 0) is 31.9 Å². The molecule has 0 saturated heterocycles. The summed E-state index contributed by atoms with van der Waals surface area (Å²) in [6.45, 7) is 1.50. The van der Waals surface area contributed by atoms with Crippen LogP contribution in [-0.4, -0.2) is 50.7 Å². The van der Waals surface area contributed by atoms with Gasteiger partial charge in [0, 0.05) is 24.8 Å². The quantitative estimate of drug-likeness (QED) is 0.537. The highest BCUT2D eigenvalue weighted by atomic mass is 16.5. The molecule has 1 atom stereocenters. The Morgan fingerprint density at radius 1 is 1.23 bits per heavy atom. The molecule has 142 valence electrons. The maximum Gasteiger partial charge on any atom is 0.321 e. The first-order valence-electron chi connectivity index (χ1n) is 8.32. The van der Waals surface area contributed by atoms with Gasteiger partial charge in [0.15, 0.2) is 18.1 Å². The average molecular weight is 364 g/mol. The molecule has 0 unspecified atom stereocenters. The third kappa shape index (κ3) is 5.83. The Morgan fingerprint density at radius 3 is 2.58 bits per heavy atom. The lowest BCUT2D eigenvalue weighted by Gasteiger charge is -2.17. The van der Waals surface area contributed by atoms with E-state index in [9.17, 15) is 14.4 Å². The van der Waals surface area contributed by atoms with Crippen molar-refractivity contribution in [3.05, 3.63) is 18.2 Å². The zero-order valence-corrected chi connectivity index (χ0v) is 15.0. The van der Waals surface area contributed by atoms with Gasteiger partial charge in [0.05, 0.1) is 7.11 Å². The fourth-order valence-corrected chi connectivity index (χ4v) is 2.12. The Hall–Kier alpha value is -2.97. The van der Waals surface area contributed by atoms with Gasteiger partial charge in [-0.1, -0.05) is 0 Å². The molecule has 1 fully saturated rings. The van der Waals surface area contributed by atoms with Crippen LogP contribution in [0.4, 0.5) is 10.5 Å². The van der Waals surface area contributed by atoms with Crippen LogP contribution in [0.25, 0.3) is 0 Å². The highest BCUT2D eigenvalue weighted by Gasteiger charge is 2.23. The Bertz CT molecular complexity index is 675. The number of hydrogen-bond acceptors (Lipinski definition) is 6. The summed E-state index contributed by atoms with van der Waals surface area (Å²) < 4.78 is 10.8. The van der Waals surface area contributed by atoms with Gasteiger partial charge in [0.2, 0.25) is 5.91 Å². The first-order valence-corrected chi connectivity index (χ1v) is 8.32. The molecule has 1 aromatic carbocycles. The fraction of sp³-hybridized carbons (Fsp3) is 0.471. The molecule has 1 aliphatic rings. The summed E-state index contributed by atoms with van der Waals surface area (Å²) in [4.78, 5) is 34.9. The molecule has 0 radical (unpaired) electrons. The maximum absolute atomic E-state index is 11.9. The van der Waals surface area contributed by atoms with Crippen LogP contribution in [0.1, 0.15) is 19.8 Å². The highest BCUT2D eigenvalue weighted by Crippen LogP contribution is 2.30. The van der Waals surface area contributed by atoms with E-state index in [1.807, 2.05) is 0 Å². The number of imide groups is 1. The number of hydrogen-bond donors (Lipinski definition) is 4. The molecule has 4 amide bonds. The second kappa shape index (κ2) is 8.93. The second-order valence-corrected chi connectivity index (χ2v) is 5.93. The van der Waals surface area contributed by atoms with Crippen LogP contribution in [-0.2, 0) is 9.59 Å². The fourth-order valence-electron chi connectivity index (χ4n) is 2.12. The van der Waals surface area contributed by atoms with E-state index in [2.05, 4.69) is 21.3 Å². The van der Waals surface area contributed by atoms with Crippen molar-refractivity contribution in [2.45, 2.75) is 31.8 Å². The van der Waals surface area contributed by atoms with Crippen LogP contribution in [0, 0.1) is 0 Å². The monoisotopic (exact) mass is 364 g/mol. The lowest BCUT2D eigenvalue weighted by Crippen LogP contribution is -2.44. The molecule has 1 aliphatic carbocycles. The topological polar surface area (TPSA) is 118 Å². The SMILES string of the molecule is CNC(=O)NC(=O)[C@@H](C)Nc1ccc(OC)c(OCC(=O)NC2CC2)c1. The number of carbonyl (C=O) groups excluding carboxylic acids is 3. The molecule has 0 heterocycles. The molecule has 0 bridgehead atoms. The van der Waals surface area contributed by atoms with Gasteiger partial charge in [-0.25, -0.2) is 4.79 Å². The van der Waals surface area contributed by atoms with E-state index in [4.69, 9.17) is 9.47 Å². The summed E-state index contributed by atoms with van der Waals surface area (Å²) in [6.07, 6.45) is 2.01. The summed E-state index contributed by atoms with van der Waals surface area (Å²) in [5, 5.41) is 10.3. The predicted octanol–water partition coefficient (Wildman–Crippen LogP) is 0.609. The average Bonchev–Trinajstić information content (AvgIpc) is 3.43. The van der Waals surface area contributed by atoms with Crippen molar-refractivity contribution < 1.29 is 23.9 Å². The zero-order chi connectivity index (χ0) is 19.1. The Morgan fingerprint density at radius 2 is 1.96 bits per heavy atom. The van der Waals surface area contributed by atoms with Crippen molar-refractivity contribution in [2.75, 3.05) is 26.1 Å². The lowest BCUT2D eigenvalue weighted by molar-refractivity contribution is -0.123. The number of carbonyl (C=O) groups is 3. The van der Waals surface area contributed by atoms with Crippen LogP contribution >= 0.6 is 0 Å². The minimum Gasteiger partial charge on any atom is -0.493 e. The zero-order valence-electron chi connectivity index (χ0n) is 15.0. The van der Waals surface area contributed by atoms with Gasteiger partial charge in [0.25, 0.3) is 5.91 Å². The van der Waals surface area contributed by atoms with Crippen molar-refractivity contribution in [1.29, 1.82) is 0 Å². The van der Waals surface area contributed by atoms with Crippen LogP contribution < -0.4 is 30.7 Å². The number of rotatable bonds is 8. The summed E-state index contributed by atoms with van der Waals surface area (Å²) in [6, 6.07) is 4.03. The van der Waals surface area contributed by atoms with Crippen LogP contribution in [0.2, 0.25) is 0 Å². The van der Waals surface area contributed by atoms with Gasteiger partial charge >= 0.3 is 6.03 Å². The number of urea groups is 1. The summed E-state index contributed by atoms with van der Waals surface area (Å²) in [5.74, 6) is 0.178. The van der Waals surface area contributed by atoms with E-state index in [-0.39, 0.29) is 18.6 Å². The Balaban J connectivity index is 1.96. The summed E-state index contributed by atoms with van der Waals surface area (Å²) >= 11 is 0. The Kier molecular flexibility index (Phi) is 6.65. The summed E-state index contributed by atoms with van der Waals surface area (Å²) in [7, 11) is 2.92. The molecule has 0 aromatic heterocycles. The summed E-state index contributed by atoms with van der Waals surface area (Å²) in [5.41, 5.74) is 0.586. The molecule has 4 N–H and O–H groups in total. The van der Waals surface area contributed by atoms with Gasteiger partial charge < -0.3 is 25.4 Å². The molecule has 9 heteroatoms. The van der Waals surface area contributed by atoms with Crippen molar-refractivity contribution in [1.82, 2.24) is 16.0 Å². The van der Waals surface area contributed by atoms with Crippen molar-refractivity contribution in [3.8, 4) is 11.5 Å². The largest absolute Gasteiger partial charge is 0.493 e. The molecule has 0 spiro atoms. The molecule has 26 heavy (non-hydrogen) atoms. The molecular formula is C17H24N4O5. The minimum absolute atomic E-state index is 0.122. The standard InChI is InChI=1S/C17H24N4O5/c1-10(16(23)21-17(24)18-2)19-12-6-7-13(25-3)14(8-12)26-9-15(22)20-11-4-5-11/h6-8,10-11,19H,4-5,9H2,1-3H3,(H,20,22)(H2,18,21,23,24)/t10-/m1/s1. The molecule has 1 saturated carbocycles. The van der Waals surface area contributed by atoms with Gasteiger partial charge in [-0.2, -0.15) is 0 Å². The number of methoxy groups -OCH3 is 1. The maximum atomic E-state index is 11.9. The normalized spacial score (nSPS) is 14.0. The third-order valence-corrected chi connectivity index (χ3v) is 3.71. The smallest absolute Gasteiger partial charge is 0.321 e. The van der Waals surface area contributed by atoms with Crippen LogP contribution in [0.15, 0.2) is 18.2 Å². The highest BCUT2D eigenvalue weighted by molar-refractivity contribution is 5.97. The molecule has 2 rings (SSSR count). The van der Waals surface area contributed by atoms with E-state index in [0.29, 0.717) is 17.2 Å².